The average Bonchev–Trinajstić information content (AvgIpc) is 3.34. The molecule has 0 aliphatic heterocycles. The summed E-state index contributed by atoms with van der Waals surface area (Å²) >= 11 is 1.47. The van der Waals surface area contributed by atoms with Crippen LogP contribution in [0.1, 0.15) is 60.2 Å². The van der Waals surface area contributed by atoms with Crippen LogP contribution in [0.4, 0.5) is 0 Å². The van der Waals surface area contributed by atoms with Gasteiger partial charge in [-0.1, -0.05) is 26.0 Å². The van der Waals surface area contributed by atoms with Crippen LogP contribution in [0.3, 0.4) is 0 Å². The molecule has 0 saturated heterocycles. The molecule has 1 aliphatic rings. The van der Waals surface area contributed by atoms with Crippen LogP contribution < -0.4 is 4.72 Å². The molecule has 2 aromatic rings. The minimum absolute atomic E-state index is 0.109. The fourth-order valence-corrected chi connectivity index (χ4v) is 4.99. The highest BCUT2D eigenvalue weighted by Gasteiger charge is 2.30. The Labute approximate surface area is 158 Å². The number of nitrogens with one attached hydrogen (secondary N) is 1. The molecule has 26 heavy (non-hydrogen) atoms. The summed E-state index contributed by atoms with van der Waals surface area (Å²) < 4.78 is 28.4. The average molecular weight is 393 g/mol. The van der Waals surface area contributed by atoms with E-state index in [2.05, 4.69) is 23.6 Å². The van der Waals surface area contributed by atoms with Gasteiger partial charge in [0.2, 0.25) is 10.0 Å². The summed E-state index contributed by atoms with van der Waals surface area (Å²) in [6.07, 6.45) is 2.54. The minimum atomic E-state index is -3.69. The molecule has 1 fully saturated rings. The summed E-state index contributed by atoms with van der Waals surface area (Å²) in [5, 5.41) is 2.70. The fourth-order valence-electron chi connectivity index (χ4n) is 2.84. The third-order valence-electron chi connectivity index (χ3n) is 4.34. The predicted octanol–water partition coefficient (Wildman–Crippen LogP) is 4.11. The van der Waals surface area contributed by atoms with Gasteiger partial charge in [-0.2, -0.15) is 0 Å². The normalized spacial score (nSPS) is 16.0. The number of nitrogens with zero attached hydrogens (tertiary/aromatic N) is 1. The van der Waals surface area contributed by atoms with Crippen LogP contribution in [0.5, 0.6) is 0 Å². The Kier molecular flexibility index (Phi) is 5.60. The summed E-state index contributed by atoms with van der Waals surface area (Å²) in [5.74, 6) is 0.558. The minimum Gasteiger partial charge on any atom is -0.294 e. The van der Waals surface area contributed by atoms with Crippen molar-refractivity contribution in [2.24, 2.45) is 11.8 Å². The van der Waals surface area contributed by atoms with Crippen molar-refractivity contribution in [3.05, 3.63) is 45.9 Å². The maximum absolute atomic E-state index is 12.8. The van der Waals surface area contributed by atoms with E-state index < -0.39 is 10.0 Å². The molecule has 0 radical (unpaired) electrons. The number of benzene rings is 1. The predicted molar refractivity (Wildman–Crippen MR) is 103 cm³/mol. The van der Waals surface area contributed by atoms with E-state index >= 15 is 0 Å². The van der Waals surface area contributed by atoms with E-state index in [9.17, 15) is 13.2 Å². The summed E-state index contributed by atoms with van der Waals surface area (Å²) in [4.78, 5) is 16.7. The van der Waals surface area contributed by atoms with Crippen molar-refractivity contribution in [3.8, 4) is 0 Å². The molecule has 0 bridgehead atoms. The Bertz CT molecular complexity index is 882. The van der Waals surface area contributed by atoms with Gasteiger partial charge in [0, 0.05) is 22.6 Å². The summed E-state index contributed by atoms with van der Waals surface area (Å²) in [6.45, 7) is 6.01. The second kappa shape index (κ2) is 7.58. The number of ketones is 1. The maximum Gasteiger partial charge on any atom is 0.241 e. The van der Waals surface area contributed by atoms with Crippen molar-refractivity contribution in [1.82, 2.24) is 9.71 Å². The number of aryl methyl sites for hydroxylation is 1. The summed E-state index contributed by atoms with van der Waals surface area (Å²) in [7, 11) is -3.69. The van der Waals surface area contributed by atoms with Gasteiger partial charge in [0.25, 0.3) is 0 Å². The van der Waals surface area contributed by atoms with Crippen LogP contribution in [0.2, 0.25) is 0 Å². The first-order valence-corrected chi connectivity index (χ1v) is 11.2. The van der Waals surface area contributed by atoms with E-state index in [-0.39, 0.29) is 22.6 Å². The highest BCUT2D eigenvalue weighted by atomic mass is 32.2. The van der Waals surface area contributed by atoms with E-state index in [4.69, 9.17) is 0 Å². The standard InChI is InChI=1S/C19H24N2O3S2/c1-12(2)10-17(19-20-13(3)11-25-19)21-26(23,24)16-8-6-15(7-9-16)18(22)14-4-5-14/h6-9,11-12,14,17,21H,4-5,10H2,1-3H3. The van der Waals surface area contributed by atoms with E-state index in [1.807, 2.05) is 12.3 Å². The van der Waals surface area contributed by atoms with E-state index in [0.29, 0.717) is 17.9 Å². The van der Waals surface area contributed by atoms with Gasteiger partial charge in [0.15, 0.2) is 5.78 Å². The lowest BCUT2D eigenvalue weighted by Gasteiger charge is -2.18. The van der Waals surface area contributed by atoms with Gasteiger partial charge in [0.05, 0.1) is 10.9 Å². The first kappa shape index (κ1) is 19.2. The lowest BCUT2D eigenvalue weighted by atomic mass is 10.1. The fraction of sp³-hybridized carbons (Fsp3) is 0.474. The van der Waals surface area contributed by atoms with Gasteiger partial charge in [-0.25, -0.2) is 18.1 Å². The van der Waals surface area contributed by atoms with Crippen molar-refractivity contribution < 1.29 is 13.2 Å². The number of sulfonamides is 1. The molecule has 0 amide bonds. The van der Waals surface area contributed by atoms with Crippen molar-refractivity contribution in [1.29, 1.82) is 0 Å². The third-order valence-corrected chi connectivity index (χ3v) is 6.90. The third kappa shape index (κ3) is 4.58. The van der Waals surface area contributed by atoms with Crippen molar-refractivity contribution in [2.45, 2.75) is 51.0 Å². The van der Waals surface area contributed by atoms with Gasteiger partial charge in [-0.3, -0.25) is 4.79 Å². The molecule has 7 heteroatoms. The maximum atomic E-state index is 12.8. The van der Waals surface area contributed by atoms with E-state index in [1.165, 1.54) is 23.5 Å². The highest BCUT2D eigenvalue weighted by molar-refractivity contribution is 7.89. The Morgan fingerprint density at radius 1 is 1.27 bits per heavy atom. The molecule has 1 aromatic heterocycles. The summed E-state index contributed by atoms with van der Waals surface area (Å²) in [6, 6.07) is 5.89. The molecule has 1 atom stereocenters. The van der Waals surface area contributed by atoms with Gasteiger partial charge in [-0.15, -0.1) is 11.3 Å². The molecule has 1 heterocycles. The van der Waals surface area contributed by atoms with Crippen LogP contribution in [0, 0.1) is 18.8 Å². The Morgan fingerprint density at radius 2 is 1.92 bits per heavy atom. The zero-order chi connectivity index (χ0) is 18.9. The van der Waals surface area contributed by atoms with Gasteiger partial charge in [-0.05, 0) is 44.2 Å². The lowest BCUT2D eigenvalue weighted by molar-refractivity contribution is 0.0967. The van der Waals surface area contributed by atoms with Gasteiger partial charge in [0.1, 0.15) is 5.01 Å². The first-order chi connectivity index (χ1) is 12.3. The Balaban J connectivity index is 1.80. The Morgan fingerprint density at radius 3 is 2.42 bits per heavy atom. The molecular formula is C19H24N2O3S2. The largest absolute Gasteiger partial charge is 0.294 e. The highest BCUT2D eigenvalue weighted by Crippen LogP contribution is 2.33. The van der Waals surface area contributed by atoms with Crippen molar-refractivity contribution in [2.75, 3.05) is 0 Å². The van der Waals surface area contributed by atoms with Crippen LogP contribution in [-0.4, -0.2) is 19.2 Å². The molecule has 0 spiro atoms. The molecule has 1 saturated carbocycles. The lowest BCUT2D eigenvalue weighted by Crippen LogP contribution is -2.29. The summed E-state index contributed by atoms with van der Waals surface area (Å²) in [5.41, 5.74) is 1.47. The second-order valence-corrected chi connectivity index (χ2v) is 9.90. The molecule has 1 N–H and O–H groups in total. The first-order valence-electron chi connectivity index (χ1n) is 8.85. The number of carbonyl (C=O) groups is 1. The number of thiazole rings is 1. The van der Waals surface area contributed by atoms with Crippen LogP contribution >= 0.6 is 11.3 Å². The van der Waals surface area contributed by atoms with Crippen LogP contribution in [0.25, 0.3) is 0 Å². The SMILES string of the molecule is Cc1csc(C(CC(C)C)NS(=O)(=O)c2ccc(C(=O)C3CC3)cc2)n1. The van der Waals surface area contributed by atoms with Crippen molar-refractivity contribution >= 4 is 27.1 Å². The van der Waals surface area contributed by atoms with Crippen molar-refractivity contribution in [3.63, 3.8) is 0 Å². The number of carbonyl (C=O) groups excluding carboxylic acids is 1. The number of hydrogen-bond acceptors (Lipinski definition) is 5. The molecule has 1 aromatic carbocycles. The molecule has 1 aliphatic carbocycles. The monoisotopic (exact) mass is 392 g/mol. The number of Topliss-reactive ketones (excluding diaryl/α,β-unsaturated/α-hetero) is 1. The number of rotatable bonds is 8. The topological polar surface area (TPSA) is 76.1 Å². The van der Waals surface area contributed by atoms with Gasteiger partial charge < -0.3 is 0 Å². The van der Waals surface area contributed by atoms with E-state index in [1.54, 1.807) is 12.1 Å². The zero-order valence-electron chi connectivity index (χ0n) is 15.2. The molecule has 5 nitrogen and oxygen atoms in total. The molecule has 1 unspecified atom stereocenters. The second-order valence-electron chi connectivity index (χ2n) is 7.29. The van der Waals surface area contributed by atoms with E-state index in [0.717, 1.165) is 23.5 Å². The molecular weight excluding hydrogens is 368 g/mol. The van der Waals surface area contributed by atoms with Gasteiger partial charge >= 0.3 is 0 Å². The quantitative estimate of drug-likeness (QED) is 0.686. The zero-order valence-corrected chi connectivity index (χ0v) is 16.9. The molecule has 140 valence electrons. The number of hydrogen-bond donors (Lipinski definition) is 1. The van der Waals surface area contributed by atoms with Crippen LogP contribution in [0.15, 0.2) is 34.5 Å². The smallest absolute Gasteiger partial charge is 0.241 e. The molecule has 3 rings (SSSR count). The van der Waals surface area contributed by atoms with Crippen LogP contribution in [-0.2, 0) is 10.0 Å². The Hall–Kier alpha value is -1.57. The number of aromatic nitrogens is 1.